The van der Waals surface area contributed by atoms with Crippen LogP contribution in [0.15, 0.2) is 42.5 Å². The molecular formula is C24H29FN4O. The van der Waals surface area contributed by atoms with Crippen LogP contribution in [0.5, 0.6) is 0 Å². The third kappa shape index (κ3) is 3.92. The van der Waals surface area contributed by atoms with Gasteiger partial charge in [0.25, 0.3) is 5.91 Å². The van der Waals surface area contributed by atoms with E-state index in [0.29, 0.717) is 28.7 Å². The number of hydrogen-bond donors (Lipinski definition) is 2. The highest BCUT2D eigenvalue weighted by molar-refractivity contribution is 6.06. The Morgan fingerprint density at radius 1 is 1.23 bits per heavy atom. The summed E-state index contributed by atoms with van der Waals surface area (Å²) in [5, 5.41) is 3.39. The van der Waals surface area contributed by atoms with Gasteiger partial charge in [0.15, 0.2) is 0 Å². The summed E-state index contributed by atoms with van der Waals surface area (Å²) in [6.07, 6.45) is 2.23. The Bertz CT molecular complexity index is 1040. The average molecular weight is 409 g/mol. The number of aromatic nitrogens is 1. The van der Waals surface area contributed by atoms with E-state index in [-0.39, 0.29) is 11.7 Å². The van der Waals surface area contributed by atoms with Crippen LogP contribution in [0.25, 0.3) is 10.9 Å². The summed E-state index contributed by atoms with van der Waals surface area (Å²) in [5.74, 6) is -0.607. The van der Waals surface area contributed by atoms with E-state index in [2.05, 4.69) is 47.2 Å². The fraction of sp³-hybridized carbons (Fsp3) is 0.375. The molecule has 2 N–H and O–H groups in total. The molecule has 1 aromatic heterocycles. The number of rotatable bonds is 4. The van der Waals surface area contributed by atoms with Crippen molar-refractivity contribution in [1.29, 1.82) is 0 Å². The van der Waals surface area contributed by atoms with E-state index in [0.717, 1.165) is 36.3 Å². The minimum absolute atomic E-state index is 0.276. The molecule has 0 bridgehead atoms. The molecule has 5 nitrogen and oxygen atoms in total. The van der Waals surface area contributed by atoms with Crippen molar-refractivity contribution >= 4 is 28.2 Å². The minimum Gasteiger partial charge on any atom is -0.369 e. The SMILES string of the molecule is Cc1ccc(F)c2cc(C(=O)Nc3cccc(N4CC[C@@H](N(C)C)C[C@@H]4C)c3)[nH]c12. The number of aryl methyl sites for hydroxylation is 1. The second-order valence-electron chi connectivity index (χ2n) is 8.52. The van der Waals surface area contributed by atoms with E-state index in [1.807, 2.05) is 25.1 Å². The highest BCUT2D eigenvalue weighted by Crippen LogP contribution is 2.29. The van der Waals surface area contributed by atoms with Crippen molar-refractivity contribution in [3.05, 3.63) is 59.5 Å². The number of halogens is 1. The summed E-state index contributed by atoms with van der Waals surface area (Å²) in [4.78, 5) is 20.6. The maximum atomic E-state index is 14.1. The third-order valence-electron chi connectivity index (χ3n) is 6.21. The van der Waals surface area contributed by atoms with Crippen LogP contribution in [0.2, 0.25) is 0 Å². The van der Waals surface area contributed by atoms with E-state index in [1.165, 1.54) is 6.07 Å². The number of aromatic amines is 1. The first-order valence-corrected chi connectivity index (χ1v) is 10.5. The van der Waals surface area contributed by atoms with Crippen LogP contribution in [0.3, 0.4) is 0 Å². The second kappa shape index (κ2) is 8.11. The monoisotopic (exact) mass is 408 g/mol. The zero-order chi connectivity index (χ0) is 21.4. The Kier molecular flexibility index (Phi) is 5.52. The van der Waals surface area contributed by atoms with Gasteiger partial charge in [0.1, 0.15) is 11.5 Å². The molecule has 3 aromatic rings. The van der Waals surface area contributed by atoms with Crippen LogP contribution in [0.1, 0.15) is 35.8 Å². The Hall–Kier alpha value is -2.86. The third-order valence-corrected chi connectivity index (χ3v) is 6.21. The number of anilines is 2. The van der Waals surface area contributed by atoms with Crippen molar-refractivity contribution in [3.63, 3.8) is 0 Å². The summed E-state index contributed by atoms with van der Waals surface area (Å²) >= 11 is 0. The number of benzene rings is 2. The fourth-order valence-electron chi connectivity index (χ4n) is 4.41. The van der Waals surface area contributed by atoms with E-state index in [1.54, 1.807) is 12.1 Å². The molecular weight excluding hydrogens is 379 g/mol. The van der Waals surface area contributed by atoms with Gasteiger partial charge in [0, 0.05) is 35.4 Å². The number of carbonyl (C=O) groups excluding carboxylic acids is 1. The molecule has 1 amide bonds. The fourth-order valence-corrected chi connectivity index (χ4v) is 4.41. The zero-order valence-corrected chi connectivity index (χ0v) is 18.0. The number of H-pyrrole nitrogens is 1. The molecule has 0 radical (unpaired) electrons. The van der Waals surface area contributed by atoms with Crippen LogP contribution in [0, 0.1) is 12.7 Å². The molecule has 0 saturated carbocycles. The van der Waals surface area contributed by atoms with Gasteiger partial charge in [0.2, 0.25) is 0 Å². The molecule has 0 spiro atoms. The Balaban J connectivity index is 1.52. The van der Waals surface area contributed by atoms with Crippen molar-refractivity contribution in [1.82, 2.24) is 9.88 Å². The summed E-state index contributed by atoms with van der Waals surface area (Å²) in [7, 11) is 4.28. The van der Waals surface area contributed by atoms with Crippen LogP contribution >= 0.6 is 0 Å². The van der Waals surface area contributed by atoms with Crippen LogP contribution in [0.4, 0.5) is 15.8 Å². The van der Waals surface area contributed by atoms with Gasteiger partial charge < -0.3 is 20.1 Å². The van der Waals surface area contributed by atoms with Crippen molar-refractivity contribution in [3.8, 4) is 0 Å². The Morgan fingerprint density at radius 3 is 2.73 bits per heavy atom. The molecule has 1 aliphatic heterocycles. The molecule has 6 heteroatoms. The first-order valence-electron chi connectivity index (χ1n) is 10.5. The normalized spacial score (nSPS) is 19.5. The summed E-state index contributed by atoms with van der Waals surface area (Å²) in [6.45, 7) is 5.13. The minimum atomic E-state index is -0.331. The molecule has 2 aromatic carbocycles. The summed E-state index contributed by atoms with van der Waals surface area (Å²) in [6, 6.07) is 13.7. The molecule has 4 rings (SSSR count). The molecule has 1 saturated heterocycles. The van der Waals surface area contributed by atoms with Crippen molar-refractivity contribution < 1.29 is 9.18 Å². The highest BCUT2D eigenvalue weighted by Gasteiger charge is 2.26. The second-order valence-corrected chi connectivity index (χ2v) is 8.52. The molecule has 30 heavy (non-hydrogen) atoms. The number of fused-ring (bicyclic) bond motifs is 1. The van der Waals surface area contributed by atoms with Gasteiger partial charge in [-0.2, -0.15) is 0 Å². The van der Waals surface area contributed by atoms with Gasteiger partial charge >= 0.3 is 0 Å². The lowest BCUT2D eigenvalue weighted by atomic mass is 9.96. The lowest BCUT2D eigenvalue weighted by Crippen LogP contribution is -2.47. The van der Waals surface area contributed by atoms with Gasteiger partial charge in [-0.15, -0.1) is 0 Å². The lowest BCUT2D eigenvalue weighted by molar-refractivity contribution is 0.102. The number of nitrogens with one attached hydrogen (secondary N) is 2. The number of hydrogen-bond acceptors (Lipinski definition) is 3. The Morgan fingerprint density at radius 2 is 2.03 bits per heavy atom. The molecule has 0 unspecified atom stereocenters. The maximum absolute atomic E-state index is 14.1. The molecule has 2 atom stereocenters. The molecule has 1 fully saturated rings. The van der Waals surface area contributed by atoms with Crippen LogP contribution < -0.4 is 10.2 Å². The first-order chi connectivity index (χ1) is 14.3. The van der Waals surface area contributed by atoms with Gasteiger partial charge in [-0.25, -0.2) is 4.39 Å². The zero-order valence-electron chi connectivity index (χ0n) is 18.0. The van der Waals surface area contributed by atoms with Crippen LogP contribution in [-0.4, -0.2) is 48.5 Å². The van der Waals surface area contributed by atoms with Gasteiger partial charge in [-0.3, -0.25) is 4.79 Å². The number of nitrogens with zero attached hydrogens (tertiary/aromatic N) is 2. The highest BCUT2D eigenvalue weighted by atomic mass is 19.1. The maximum Gasteiger partial charge on any atom is 0.272 e. The predicted molar refractivity (Wildman–Crippen MR) is 121 cm³/mol. The van der Waals surface area contributed by atoms with E-state index >= 15 is 0 Å². The van der Waals surface area contributed by atoms with Crippen molar-refractivity contribution in [2.75, 3.05) is 30.9 Å². The van der Waals surface area contributed by atoms with E-state index < -0.39 is 0 Å². The van der Waals surface area contributed by atoms with E-state index in [9.17, 15) is 9.18 Å². The number of amides is 1. The summed E-state index contributed by atoms with van der Waals surface area (Å²) in [5.41, 5.74) is 3.75. The predicted octanol–water partition coefficient (Wildman–Crippen LogP) is 4.79. The Labute approximate surface area is 176 Å². The molecule has 1 aliphatic rings. The molecule has 2 heterocycles. The van der Waals surface area contributed by atoms with Gasteiger partial charge in [0.05, 0.1) is 5.52 Å². The largest absolute Gasteiger partial charge is 0.369 e. The standard InChI is InChI=1S/C24H29FN4O/c1-15-8-9-21(25)20-14-22(27-23(15)20)24(30)26-17-6-5-7-19(13-17)29-11-10-18(28(3)4)12-16(29)2/h5-9,13-14,16,18,27H,10-12H2,1-4H3,(H,26,30)/t16-,18+/m0/s1. The first kappa shape index (κ1) is 20.4. The van der Waals surface area contributed by atoms with E-state index in [4.69, 9.17) is 0 Å². The summed E-state index contributed by atoms with van der Waals surface area (Å²) < 4.78 is 14.1. The molecule has 0 aliphatic carbocycles. The molecule has 158 valence electrons. The number of piperidine rings is 1. The quantitative estimate of drug-likeness (QED) is 0.653. The number of carbonyl (C=O) groups is 1. The van der Waals surface area contributed by atoms with Gasteiger partial charge in [-0.05, 0) is 76.7 Å². The van der Waals surface area contributed by atoms with Crippen LogP contribution in [-0.2, 0) is 0 Å². The van der Waals surface area contributed by atoms with Crippen molar-refractivity contribution in [2.45, 2.75) is 38.8 Å². The topological polar surface area (TPSA) is 51.4 Å². The lowest BCUT2D eigenvalue weighted by Gasteiger charge is -2.41. The van der Waals surface area contributed by atoms with Crippen molar-refractivity contribution in [2.24, 2.45) is 0 Å². The van der Waals surface area contributed by atoms with Gasteiger partial charge in [-0.1, -0.05) is 12.1 Å². The average Bonchev–Trinajstić information content (AvgIpc) is 3.18. The smallest absolute Gasteiger partial charge is 0.272 e.